The first kappa shape index (κ1) is 14.6. The fraction of sp³-hybridized carbons (Fsp3) is 0.438. The van der Waals surface area contributed by atoms with E-state index in [0.717, 1.165) is 18.8 Å². The van der Waals surface area contributed by atoms with Crippen LogP contribution < -0.4 is 15.0 Å². The Morgan fingerprint density at radius 2 is 1.68 bits per heavy atom. The minimum Gasteiger partial charge on any atom is -0.481 e. The normalized spacial score (nSPS) is 22.5. The molecule has 0 spiro atoms. The summed E-state index contributed by atoms with van der Waals surface area (Å²) in [5.41, 5.74) is 1.04. The molecule has 1 unspecified atom stereocenters. The molecule has 2 aliphatic heterocycles. The molecule has 1 atom stereocenters. The Hall–Kier alpha value is -2.37. The SMILES string of the molecule is O=C1CCN(c2ccc(OC3CCC(=O)NC3=O)cc2)CC1. The highest BCUT2D eigenvalue weighted by molar-refractivity contribution is 5.99. The standard InChI is InChI=1S/C16H18N2O4/c19-12-7-9-18(10-8-12)11-1-3-13(4-2-11)22-14-5-6-15(20)17-16(14)21/h1-4,14H,5-10H2,(H,17,20,21). The van der Waals surface area contributed by atoms with Crippen LogP contribution in [0.5, 0.6) is 5.75 Å². The summed E-state index contributed by atoms with van der Waals surface area (Å²) < 4.78 is 5.64. The van der Waals surface area contributed by atoms with E-state index in [-0.39, 0.29) is 11.8 Å². The lowest BCUT2D eigenvalue weighted by atomic mass is 10.1. The topological polar surface area (TPSA) is 75.7 Å². The van der Waals surface area contributed by atoms with Crippen LogP contribution in [0.2, 0.25) is 0 Å². The molecule has 6 heteroatoms. The highest BCUT2D eigenvalue weighted by Gasteiger charge is 2.28. The van der Waals surface area contributed by atoms with Gasteiger partial charge in [0.1, 0.15) is 11.5 Å². The molecule has 116 valence electrons. The largest absolute Gasteiger partial charge is 0.481 e. The Morgan fingerprint density at radius 3 is 2.32 bits per heavy atom. The predicted octanol–water partition coefficient (Wildman–Crippen LogP) is 1.04. The first-order valence-electron chi connectivity index (χ1n) is 7.49. The van der Waals surface area contributed by atoms with E-state index in [1.807, 2.05) is 24.3 Å². The second kappa shape index (κ2) is 6.17. The summed E-state index contributed by atoms with van der Waals surface area (Å²) in [6.45, 7) is 1.48. The van der Waals surface area contributed by atoms with Crippen LogP contribution >= 0.6 is 0 Å². The maximum atomic E-state index is 11.7. The zero-order chi connectivity index (χ0) is 15.5. The Kier molecular flexibility index (Phi) is 4.09. The van der Waals surface area contributed by atoms with Crippen molar-refractivity contribution in [1.29, 1.82) is 0 Å². The van der Waals surface area contributed by atoms with E-state index in [4.69, 9.17) is 4.74 Å². The third-order valence-electron chi connectivity index (χ3n) is 3.99. The number of amides is 2. The van der Waals surface area contributed by atoms with E-state index in [9.17, 15) is 14.4 Å². The lowest BCUT2D eigenvalue weighted by molar-refractivity contribution is -0.138. The summed E-state index contributed by atoms with van der Waals surface area (Å²) >= 11 is 0. The van der Waals surface area contributed by atoms with E-state index in [2.05, 4.69) is 10.2 Å². The predicted molar refractivity (Wildman–Crippen MR) is 79.7 cm³/mol. The molecular formula is C16H18N2O4. The van der Waals surface area contributed by atoms with Crippen molar-refractivity contribution in [3.05, 3.63) is 24.3 Å². The number of piperidine rings is 2. The van der Waals surface area contributed by atoms with Gasteiger partial charge in [-0.25, -0.2) is 0 Å². The van der Waals surface area contributed by atoms with Crippen molar-refractivity contribution in [2.45, 2.75) is 31.8 Å². The number of ketones is 1. The lowest BCUT2D eigenvalue weighted by Crippen LogP contribution is -2.46. The number of imide groups is 1. The van der Waals surface area contributed by atoms with Gasteiger partial charge in [0.05, 0.1) is 0 Å². The quantitative estimate of drug-likeness (QED) is 0.844. The van der Waals surface area contributed by atoms with Crippen molar-refractivity contribution < 1.29 is 19.1 Å². The van der Waals surface area contributed by atoms with Crippen LogP contribution in [0.4, 0.5) is 5.69 Å². The van der Waals surface area contributed by atoms with Crippen LogP contribution in [-0.4, -0.2) is 36.8 Å². The fourth-order valence-corrected chi connectivity index (χ4v) is 2.70. The molecule has 0 radical (unpaired) electrons. The van der Waals surface area contributed by atoms with E-state index in [0.29, 0.717) is 37.2 Å². The molecule has 2 fully saturated rings. The van der Waals surface area contributed by atoms with Gasteiger partial charge in [0.2, 0.25) is 5.91 Å². The van der Waals surface area contributed by atoms with Crippen molar-refractivity contribution in [3.63, 3.8) is 0 Å². The van der Waals surface area contributed by atoms with Gasteiger partial charge in [0, 0.05) is 44.5 Å². The van der Waals surface area contributed by atoms with Gasteiger partial charge in [-0.1, -0.05) is 0 Å². The van der Waals surface area contributed by atoms with Crippen LogP contribution in [0.25, 0.3) is 0 Å². The van der Waals surface area contributed by atoms with Gasteiger partial charge in [-0.15, -0.1) is 0 Å². The summed E-state index contributed by atoms with van der Waals surface area (Å²) in [7, 11) is 0. The van der Waals surface area contributed by atoms with Gasteiger partial charge < -0.3 is 9.64 Å². The highest BCUT2D eigenvalue weighted by Crippen LogP contribution is 2.23. The molecule has 1 aromatic rings. The van der Waals surface area contributed by atoms with Crippen molar-refractivity contribution in [2.75, 3.05) is 18.0 Å². The Morgan fingerprint density at radius 1 is 1.00 bits per heavy atom. The monoisotopic (exact) mass is 302 g/mol. The molecule has 2 saturated heterocycles. The van der Waals surface area contributed by atoms with Crippen molar-refractivity contribution in [3.8, 4) is 5.75 Å². The van der Waals surface area contributed by atoms with Crippen molar-refractivity contribution >= 4 is 23.3 Å². The molecule has 3 rings (SSSR count). The Labute approximate surface area is 128 Å². The number of benzene rings is 1. The molecule has 6 nitrogen and oxygen atoms in total. The number of hydrogen-bond acceptors (Lipinski definition) is 5. The summed E-state index contributed by atoms with van der Waals surface area (Å²) in [6, 6.07) is 7.49. The number of Topliss-reactive ketones (excluding diaryl/α,β-unsaturated/α-hetero) is 1. The van der Waals surface area contributed by atoms with Crippen molar-refractivity contribution in [1.82, 2.24) is 5.32 Å². The van der Waals surface area contributed by atoms with Crippen LogP contribution in [-0.2, 0) is 14.4 Å². The molecule has 1 aromatic carbocycles. The minimum absolute atomic E-state index is 0.250. The number of rotatable bonds is 3. The number of carbonyl (C=O) groups excluding carboxylic acids is 3. The van der Waals surface area contributed by atoms with Crippen molar-refractivity contribution in [2.24, 2.45) is 0 Å². The molecule has 1 N–H and O–H groups in total. The first-order valence-corrected chi connectivity index (χ1v) is 7.49. The van der Waals surface area contributed by atoms with E-state index in [1.165, 1.54) is 0 Å². The summed E-state index contributed by atoms with van der Waals surface area (Å²) in [5.74, 6) is 0.287. The average Bonchev–Trinajstić information content (AvgIpc) is 2.52. The number of nitrogens with one attached hydrogen (secondary N) is 1. The molecule has 0 aliphatic carbocycles. The lowest BCUT2D eigenvalue weighted by Gasteiger charge is -2.28. The first-order chi connectivity index (χ1) is 10.6. The average molecular weight is 302 g/mol. The Bertz CT molecular complexity index is 587. The van der Waals surface area contributed by atoms with Crippen LogP contribution in [0.1, 0.15) is 25.7 Å². The fourth-order valence-electron chi connectivity index (χ4n) is 2.70. The number of nitrogens with zero attached hydrogens (tertiary/aromatic N) is 1. The zero-order valence-electron chi connectivity index (χ0n) is 12.2. The van der Waals surface area contributed by atoms with E-state index >= 15 is 0 Å². The van der Waals surface area contributed by atoms with Crippen LogP contribution in [0.3, 0.4) is 0 Å². The second-order valence-electron chi connectivity index (χ2n) is 5.58. The molecule has 0 aromatic heterocycles. The molecular weight excluding hydrogens is 284 g/mol. The van der Waals surface area contributed by atoms with Gasteiger partial charge >= 0.3 is 0 Å². The van der Waals surface area contributed by atoms with Gasteiger partial charge in [0.25, 0.3) is 5.91 Å². The summed E-state index contributed by atoms with van der Waals surface area (Å²) in [5, 5.41) is 2.27. The molecule has 22 heavy (non-hydrogen) atoms. The van der Waals surface area contributed by atoms with E-state index < -0.39 is 6.10 Å². The molecule has 0 saturated carbocycles. The van der Waals surface area contributed by atoms with Gasteiger partial charge in [-0.3, -0.25) is 19.7 Å². The molecule has 2 aliphatic rings. The third kappa shape index (κ3) is 3.27. The number of anilines is 1. The van der Waals surface area contributed by atoms with Gasteiger partial charge in [-0.05, 0) is 24.3 Å². The molecule has 2 amide bonds. The smallest absolute Gasteiger partial charge is 0.267 e. The zero-order valence-corrected chi connectivity index (χ0v) is 12.2. The molecule has 0 bridgehead atoms. The van der Waals surface area contributed by atoms with E-state index in [1.54, 1.807) is 0 Å². The number of hydrogen-bond donors (Lipinski definition) is 1. The van der Waals surface area contributed by atoms with Gasteiger partial charge in [0.15, 0.2) is 6.10 Å². The number of carbonyl (C=O) groups is 3. The summed E-state index contributed by atoms with van der Waals surface area (Å²) in [6.07, 6.45) is 1.27. The third-order valence-corrected chi connectivity index (χ3v) is 3.99. The molecule has 2 heterocycles. The second-order valence-corrected chi connectivity index (χ2v) is 5.58. The van der Waals surface area contributed by atoms with Gasteiger partial charge in [-0.2, -0.15) is 0 Å². The number of ether oxygens (including phenoxy) is 1. The Balaban J connectivity index is 1.61. The maximum absolute atomic E-state index is 11.7. The van der Waals surface area contributed by atoms with Crippen LogP contribution in [0.15, 0.2) is 24.3 Å². The summed E-state index contributed by atoms with van der Waals surface area (Å²) in [4.78, 5) is 36.2. The minimum atomic E-state index is -0.615. The van der Waals surface area contributed by atoms with Crippen LogP contribution in [0, 0.1) is 0 Å². The highest BCUT2D eigenvalue weighted by atomic mass is 16.5. The maximum Gasteiger partial charge on any atom is 0.267 e.